The van der Waals surface area contributed by atoms with Crippen molar-refractivity contribution in [2.75, 3.05) is 42.2 Å². The number of aliphatic hydroxyl groups excluding tert-OH is 1. The number of allylic oxidation sites excluding steroid dienone is 2. The summed E-state index contributed by atoms with van der Waals surface area (Å²) in [5, 5.41) is 16.7. The lowest BCUT2D eigenvalue weighted by molar-refractivity contribution is 0.282. The molecule has 0 aliphatic heterocycles. The number of aryl methyl sites for hydroxylation is 10. The second-order valence-corrected chi connectivity index (χ2v) is 41.2. The van der Waals surface area contributed by atoms with Crippen molar-refractivity contribution in [3.05, 3.63) is 572 Å². The van der Waals surface area contributed by atoms with Crippen LogP contribution in [0.4, 0.5) is 91.0 Å². The number of unbranched alkanes of at least 4 members (excludes halogenated alkanes) is 7. The van der Waals surface area contributed by atoms with Crippen LogP contribution >= 0.6 is 79.6 Å². The van der Waals surface area contributed by atoms with Gasteiger partial charge in [0.25, 0.3) is 0 Å². The van der Waals surface area contributed by atoms with Crippen molar-refractivity contribution >= 4 is 171 Å². The van der Waals surface area contributed by atoms with Gasteiger partial charge >= 0.3 is 0 Å². The monoisotopic (exact) mass is 2300 g/mol. The SMILES string of the molecule is Brc1ccc(Br)cc1.C=CCCCCBr.C=CCCCCc1ccc(N(c2ccccc2)c2cccc(C)c2)cc1.CCCc1ccc(Br)cc1.CCCc1ccc(N(c2ccccc2)c2cccc(C)c2)cc1.Cc1cccc(N(c2ccccc2)c2ccc(Br)cc2)c1.Cc1cccc(N(c2ccccc2)c2ccc(CCCCCCO)cc2)c1.Cc1cccc(Nc2ccccc2)c1.Cc1cccc(Nc2ccccc2)c1. The van der Waals surface area contributed by atoms with Crippen LogP contribution in [0.2, 0.25) is 0 Å². The van der Waals surface area contributed by atoms with Crippen molar-refractivity contribution in [3.63, 3.8) is 0 Å². The number of anilines is 16. The summed E-state index contributed by atoms with van der Waals surface area (Å²) in [6, 6.07) is 165. The zero-order valence-corrected chi connectivity index (χ0v) is 96.4. The Morgan fingerprint density at radius 3 is 0.700 bits per heavy atom. The van der Waals surface area contributed by atoms with Gasteiger partial charge in [0.1, 0.15) is 0 Å². The first-order valence-electron chi connectivity index (χ1n) is 52.3. The third-order valence-electron chi connectivity index (χ3n) is 24.0. The number of aliphatic hydroxyl groups is 1. The highest BCUT2D eigenvalue weighted by Crippen LogP contribution is 2.41. The Morgan fingerprint density at radius 1 is 0.220 bits per heavy atom. The molecule has 0 radical (unpaired) electrons. The first kappa shape index (κ1) is 118. The van der Waals surface area contributed by atoms with Crippen LogP contribution in [0.15, 0.2) is 516 Å². The molecule has 7 nitrogen and oxygen atoms in total. The summed E-state index contributed by atoms with van der Waals surface area (Å²) in [4.78, 5) is 9.19. The molecule has 3 N–H and O–H groups in total. The Bertz CT molecular complexity index is 6650. The Morgan fingerprint density at radius 2 is 0.433 bits per heavy atom. The normalized spacial score (nSPS) is 10.2. The van der Waals surface area contributed by atoms with E-state index in [9.17, 15) is 0 Å². The standard InChI is InChI=1S/C25H29NO.C25H27N.C22H23N.C19H16BrN.2C13H13N.C9H11Br.C6H4Br2.C6H11Br/c1-21-10-9-14-25(20-21)26(23-12-6-4-7-13-23)24-17-15-22(16-18-24)11-5-2-3-8-19-27;1-3-4-5-7-12-22-16-18-24(19-17-22)26(23-13-8-6-9-14-23)25-15-10-11-21(2)20-25;1-3-8-19-13-15-21(16-14-19)23(20-10-5-4-6-11-20)22-12-7-9-18(2)17-22;1-15-6-5-9-19(14-15)21(17-7-3-2-4-8-17)18-12-10-16(20)11-13-18;2*1-11-6-5-9-13(10-11)14-12-7-3-2-4-8-12;1-2-3-8-4-6-9(10)7-5-8;7-5-1-2-6(8)4-3-5;1-2-3-4-5-6-7/h4,6-7,9-10,12-18,20,27H,2-3,5,8,11,19H2,1H3;3,6,8-11,13-20H,1,4-5,7,12H2,2H3;4-7,9-17H,3,8H2,1-2H3;2-14H,1H3;2*2-10,14H,1H3;4-7H,2-3H2,1H3;1-4H;2H,1,3-6H2. The van der Waals surface area contributed by atoms with Crippen LogP contribution in [0.3, 0.4) is 0 Å². The van der Waals surface area contributed by atoms with Crippen molar-refractivity contribution in [2.45, 2.75) is 158 Å². The molecule has 0 aliphatic rings. The minimum absolute atomic E-state index is 0.309. The number of nitrogens with one attached hydrogen (secondary N) is 2. The van der Waals surface area contributed by atoms with E-state index < -0.39 is 0 Å². The van der Waals surface area contributed by atoms with E-state index in [0.717, 1.165) is 102 Å². The van der Waals surface area contributed by atoms with E-state index in [1.807, 2.05) is 78.9 Å². The fourth-order valence-corrected chi connectivity index (χ4v) is 17.9. The van der Waals surface area contributed by atoms with E-state index in [0.29, 0.717) is 6.61 Å². The Labute approximate surface area is 939 Å². The van der Waals surface area contributed by atoms with Gasteiger partial charge in [-0.25, -0.2) is 0 Å². The maximum atomic E-state index is 8.87. The lowest BCUT2D eigenvalue weighted by Crippen LogP contribution is -2.10. The summed E-state index contributed by atoms with van der Waals surface area (Å²) < 4.78 is 4.47. The van der Waals surface area contributed by atoms with E-state index >= 15 is 0 Å². The van der Waals surface area contributed by atoms with E-state index in [1.54, 1.807) is 0 Å². The van der Waals surface area contributed by atoms with Crippen molar-refractivity contribution in [3.8, 4) is 0 Å². The molecule has 770 valence electrons. The minimum atomic E-state index is 0.309. The maximum Gasteiger partial charge on any atom is 0.0464 e. The number of alkyl halides is 1. The zero-order chi connectivity index (χ0) is 106. The number of rotatable bonds is 35. The van der Waals surface area contributed by atoms with Crippen molar-refractivity contribution in [1.29, 1.82) is 0 Å². The molecule has 18 aromatic carbocycles. The van der Waals surface area contributed by atoms with E-state index in [2.05, 4.69) is 585 Å². The highest BCUT2D eigenvalue weighted by molar-refractivity contribution is 9.11. The second kappa shape index (κ2) is 69.1. The van der Waals surface area contributed by atoms with Crippen LogP contribution in [0.25, 0.3) is 0 Å². The summed E-state index contributed by atoms with van der Waals surface area (Å²) in [6.07, 6.45) is 22.5. The quantitative estimate of drug-likeness (QED) is 0.0208. The average molecular weight is 2310 g/mol. The van der Waals surface area contributed by atoms with Crippen LogP contribution in [0, 0.1) is 41.5 Å². The number of hydrogen-bond acceptors (Lipinski definition) is 7. The van der Waals surface area contributed by atoms with Gasteiger partial charge in [-0.15, -0.1) is 13.2 Å². The molecule has 0 saturated carbocycles. The maximum absolute atomic E-state index is 8.87. The highest BCUT2D eigenvalue weighted by Gasteiger charge is 2.18. The van der Waals surface area contributed by atoms with Crippen LogP contribution < -0.4 is 30.2 Å². The predicted molar refractivity (Wildman–Crippen MR) is 672 cm³/mol. The van der Waals surface area contributed by atoms with Crippen molar-refractivity contribution in [1.82, 2.24) is 0 Å². The van der Waals surface area contributed by atoms with E-state index in [1.165, 1.54) is 170 Å². The summed E-state index contributed by atoms with van der Waals surface area (Å²) in [5.41, 5.74) is 31.8. The molecule has 0 spiro atoms. The highest BCUT2D eigenvalue weighted by atomic mass is 79.9. The van der Waals surface area contributed by atoms with Gasteiger partial charge < -0.3 is 35.3 Å². The summed E-state index contributed by atoms with van der Waals surface area (Å²) in [7, 11) is 0. The molecule has 150 heavy (non-hydrogen) atoms. The number of para-hydroxylation sites is 6. The molecule has 0 unspecified atom stereocenters. The van der Waals surface area contributed by atoms with Gasteiger partial charge in [-0.3, -0.25) is 0 Å². The van der Waals surface area contributed by atoms with Crippen molar-refractivity contribution in [2.24, 2.45) is 0 Å². The van der Waals surface area contributed by atoms with Gasteiger partial charge in [-0.05, 0) is 417 Å². The van der Waals surface area contributed by atoms with E-state index in [-0.39, 0.29) is 0 Å². The van der Waals surface area contributed by atoms with Crippen LogP contribution in [-0.4, -0.2) is 17.0 Å². The third-order valence-corrected chi connectivity index (χ3v) is 26.7. The molecule has 0 aromatic heterocycles. The lowest BCUT2D eigenvalue weighted by atomic mass is 10.1. The Hall–Kier alpha value is -13.4. The van der Waals surface area contributed by atoms with Gasteiger partial charge in [0, 0.05) is 121 Å². The fraction of sp³-hybridized carbons (Fsp3) is 0.188. The largest absolute Gasteiger partial charge is 0.396 e. The molecule has 12 heteroatoms. The number of hydrogen-bond donors (Lipinski definition) is 3. The van der Waals surface area contributed by atoms with Gasteiger partial charge in [-0.2, -0.15) is 0 Å². The third kappa shape index (κ3) is 44.0. The molecule has 18 aromatic rings. The fourth-order valence-electron chi connectivity index (χ4n) is 16.5. The molecular weight excluding hydrogens is 2160 g/mol. The molecule has 0 amide bonds. The first-order valence-corrected chi connectivity index (χ1v) is 56.6. The molecule has 0 bridgehead atoms. The molecule has 0 atom stereocenters. The average Bonchev–Trinajstić information content (AvgIpc) is 0.821. The number of halogens is 5. The Kier molecular flexibility index (Phi) is 54.6. The topological polar surface area (TPSA) is 57.2 Å². The molecule has 0 fully saturated rings. The van der Waals surface area contributed by atoms with Crippen LogP contribution in [0.1, 0.15) is 147 Å². The summed E-state index contributed by atoms with van der Waals surface area (Å²) in [5.74, 6) is 0. The Balaban J connectivity index is 0.000000177. The van der Waals surface area contributed by atoms with Gasteiger partial charge in [0.05, 0.1) is 0 Å². The molecule has 0 saturated heterocycles. The van der Waals surface area contributed by atoms with Crippen LogP contribution in [0.5, 0.6) is 0 Å². The predicted octanol–water partition coefficient (Wildman–Crippen LogP) is 43.4. The number of benzene rings is 18. The lowest BCUT2D eigenvalue weighted by Gasteiger charge is -2.26. The van der Waals surface area contributed by atoms with Gasteiger partial charge in [0.2, 0.25) is 0 Å². The van der Waals surface area contributed by atoms with Gasteiger partial charge in [0.15, 0.2) is 0 Å². The van der Waals surface area contributed by atoms with Crippen molar-refractivity contribution < 1.29 is 5.11 Å². The van der Waals surface area contributed by atoms with E-state index in [4.69, 9.17) is 5.11 Å². The summed E-state index contributed by atoms with van der Waals surface area (Å²) >= 11 is 16.9. The summed E-state index contributed by atoms with van der Waals surface area (Å²) in [6.45, 7) is 24.8. The smallest absolute Gasteiger partial charge is 0.0464 e. The molecular formula is C138H147Br5N6O. The number of nitrogens with zero attached hydrogens (tertiary/aromatic N) is 4. The molecule has 0 aliphatic carbocycles. The minimum Gasteiger partial charge on any atom is -0.396 e. The first-order chi connectivity index (χ1) is 73.3. The zero-order valence-electron chi connectivity index (χ0n) is 88.5. The second-order valence-electron chi connectivity index (χ2n) is 36.7. The van der Waals surface area contributed by atoms with Gasteiger partial charge in [-0.1, -0.05) is 362 Å². The molecule has 0 heterocycles. The van der Waals surface area contributed by atoms with Crippen LogP contribution in [-0.2, 0) is 25.7 Å². The molecule has 18 rings (SSSR count).